The van der Waals surface area contributed by atoms with E-state index in [0.29, 0.717) is 23.7 Å². The molecule has 2 heterocycles. The molecule has 0 aliphatic carbocycles. The lowest BCUT2D eigenvalue weighted by Gasteiger charge is -2.28. The number of piperidine rings is 1. The molecule has 0 radical (unpaired) electrons. The van der Waals surface area contributed by atoms with Crippen molar-refractivity contribution in [3.63, 3.8) is 0 Å². The summed E-state index contributed by atoms with van der Waals surface area (Å²) in [6.45, 7) is 6.89. The van der Waals surface area contributed by atoms with Gasteiger partial charge in [0.2, 0.25) is 0 Å². The van der Waals surface area contributed by atoms with Crippen molar-refractivity contribution in [3.8, 4) is 28.4 Å². The number of aromatic nitrogens is 2. The molecule has 1 aromatic heterocycles. The van der Waals surface area contributed by atoms with E-state index in [1.807, 2.05) is 32.0 Å². The first-order valence-electron chi connectivity index (χ1n) is 11.9. The molecule has 182 valence electrons. The predicted molar refractivity (Wildman–Crippen MR) is 129 cm³/mol. The van der Waals surface area contributed by atoms with Crippen LogP contribution in [-0.4, -0.2) is 41.6 Å². The van der Waals surface area contributed by atoms with Gasteiger partial charge in [-0.1, -0.05) is 12.1 Å². The average molecular weight is 472 g/mol. The van der Waals surface area contributed by atoms with Gasteiger partial charge in [-0.25, -0.2) is 4.98 Å². The maximum Gasteiger partial charge on any atom is 0.416 e. The normalized spacial score (nSPS) is 15.6. The van der Waals surface area contributed by atoms with Crippen LogP contribution in [0.3, 0.4) is 0 Å². The Morgan fingerprint density at radius 3 is 2.56 bits per heavy atom. The van der Waals surface area contributed by atoms with Crippen LogP contribution >= 0.6 is 0 Å². The van der Waals surface area contributed by atoms with Gasteiger partial charge in [0.25, 0.3) is 0 Å². The maximum absolute atomic E-state index is 13.1. The molecule has 1 fully saturated rings. The fourth-order valence-electron chi connectivity index (χ4n) is 4.62. The highest BCUT2D eigenvalue weighted by Gasteiger charge is 2.30. The van der Waals surface area contributed by atoms with Gasteiger partial charge in [-0.2, -0.15) is 13.2 Å². The molecule has 0 spiro atoms. The molecular weight excluding hydrogens is 439 g/mol. The third-order valence-electron chi connectivity index (χ3n) is 6.66. The number of ether oxygens (including phenoxy) is 1. The zero-order valence-corrected chi connectivity index (χ0v) is 20.0. The average Bonchev–Trinajstić information content (AvgIpc) is 3.19. The van der Waals surface area contributed by atoms with Crippen molar-refractivity contribution >= 4 is 0 Å². The lowest BCUT2D eigenvalue weighted by molar-refractivity contribution is -0.137. The van der Waals surface area contributed by atoms with Gasteiger partial charge in [0.1, 0.15) is 11.6 Å². The van der Waals surface area contributed by atoms with Crippen molar-refractivity contribution in [3.05, 3.63) is 59.3 Å². The van der Waals surface area contributed by atoms with E-state index in [1.165, 1.54) is 38.4 Å². The second-order valence-corrected chi connectivity index (χ2v) is 9.35. The molecule has 2 aromatic carbocycles. The molecule has 0 amide bonds. The Morgan fingerprint density at radius 2 is 1.85 bits per heavy atom. The summed E-state index contributed by atoms with van der Waals surface area (Å²) >= 11 is 0. The van der Waals surface area contributed by atoms with Gasteiger partial charge in [-0.05, 0) is 101 Å². The highest BCUT2D eigenvalue weighted by molar-refractivity contribution is 5.69. The molecule has 0 atom stereocenters. The molecule has 1 saturated heterocycles. The van der Waals surface area contributed by atoms with E-state index >= 15 is 0 Å². The van der Waals surface area contributed by atoms with Gasteiger partial charge >= 0.3 is 6.18 Å². The van der Waals surface area contributed by atoms with Crippen molar-refractivity contribution in [1.82, 2.24) is 14.9 Å². The van der Waals surface area contributed by atoms with Gasteiger partial charge in [-0.3, -0.25) is 0 Å². The lowest BCUT2D eigenvalue weighted by Crippen LogP contribution is -2.30. The minimum atomic E-state index is -4.39. The highest BCUT2D eigenvalue weighted by Crippen LogP contribution is 2.34. The van der Waals surface area contributed by atoms with E-state index < -0.39 is 11.7 Å². The molecule has 1 N–H and O–H groups in total. The largest absolute Gasteiger partial charge is 0.494 e. The van der Waals surface area contributed by atoms with E-state index in [-0.39, 0.29) is 0 Å². The lowest BCUT2D eigenvalue weighted by atomic mass is 9.93. The Kier molecular flexibility index (Phi) is 7.31. The smallest absolute Gasteiger partial charge is 0.416 e. The zero-order valence-electron chi connectivity index (χ0n) is 20.0. The van der Waals surface area contributed by atoms with Gasteiger partial charge < -0.3 is 14.6 Å². The molecule has 0 unspecified atom stereocenters. The van der Waals surface area contributed by atoms with Gasteiger partial charge in [0.15, 0.2) is 0 Å². The Morgan fingerprint density at radius 1 is 1.09 bits per heavy atom. The SMILES string of the molecule is Cc1cc(OCCCC2CCN(C)CC2)ccc1-c1nc(-c2cccc(C(F)(F)F)c2)c(C)[nH]1. The first-order chi connectivity index (χ1) is 16.2. The van der Waals surface area contributed by atoms with E-state index in [9.17, 15) is 13.2 Å². The standard InChI is InChI=1S/C27H32F3N3O/c1-18-16-23(34-15-5-6-20-11-13-33(3)14-12-20)9-10-24(18)26-31-19(2)25(32-26)21-7-4-8-22(17-21)27(28,29)30/h4,7-10,16-17,20H,5-6,11-15H2,1-3H3,(H,31,32). The minimum absolute atomic E-state index is 0.442. The van der Waals surface area contributed by atoms with Crippen molar-refractivity contribution in [1.29, 1.82) is 0 Å². The number of hydrogen-bond acceptors (Lipinski definition) is 3. The summed E-state index contributed by atoms with van der Waals surface area (Å²) in [5, 5.41) is 0. The second-order valence-electron chi connectivity index (χ2n) is 9.35. The zero-order chi connectivity index (χ0) is 24.3. The Bertz CT molecular complexity index is 1110. The van der Waals surface area contributed by atoms with Crippen molar-refractivity contribution < 1.29 is 17.9 Å². The Labute approximate surface area is 199 Å². The molecule has 1 aliphatic heterocycles. The van der Waals surface area contributed by atoms with Gasteiger partial charge in [0.05, 0.1) is 17.9 Å². The number of alkyl halides is 3. The van der Waals surface area contributed by atoms with E-state index in [0.717, 1.165) is 47.0 Å². The third kappa shape index (κ3) is 5.81. The fourth-order valence-corrected chi connectivity index (χ4v) is 4.62. The topological polar surface area (TPSA) is 41.1 Å². The predicted octanol–water partition coefficient (Wildman–Crippen LogP) is 6.88. The number of aryl methyl sites for hydroxylation is 2. The quantitative estimate of drug-likeness (QED) is 0.382. The van der Waals surface area contributed by atoms with Crippen molar-refractivity contribution in [2.24, 2.45) is 5.92 Å². The number of H-pyrrole nitrogens is 1. The Hall–Kier alpha value is -2.80. The van der Waals surface area contributed by atoms with Crippen LogP contribution in [-0.2, 0) is 6.18 Å². The molecule has 3 aromatic rings. The van der Waals surface area contributed by atoms with Crippen LogP contribution in [0.1, 0.15) is 42.5 Å². The number of likely N-dealkylation sites (tertiary alicyclic amines) is 1. The summed E-state index contributed by atoms with van der Waals surface area (Å²) in [6, 6.07) is 11.2. The van der Waals surface area contributed by atoms with Crippen LogP contribution in [0, 0.1) is 19.8 Å². The maximum atomic E-state index is 13.1. The van der Waals surface area contributed by atoms with Crippen LogP contribution in [0.2, 0.25) is 0 Å². The molecule has 0 saturated carbocycles. The van der Waals surface area contributed by atoms with Crippen LogP contribution in [0.5, 0.6) is 5.75 Å². The molecular formula is C27H32F3N3O. The summed E-state index contributed by atoms with van der Waals surface area (Å²) in [5.41, 5.74) is 2.91. The van der Waals surface area contributed by atoms with E-state index in [1.54, 1.807) is 6.07 Å². The monoisotopic (exact) mass is 471 g/mol. The molecule has 34 heavy (non-hydrogen) atoms. The van der Waals surface area contributed by atoms with Crippen molar-refractivity contribution in [2.45, 2.75) is 45.7 Å². The van der Waals surface area contributed by atoms with Crippen molar-refractivity contribution in [2.75, 3.05) is 26.7 Å². The number of imidazole rings is 1. The number of aromatic amines is 1. The summed E-state index contributed by atoms with van der Waals surface area (Å²) in [5.74, 6) is 2.26. The molecule has 4 rings (SSSR count). The molecule has 7 heteroatoms. The number of hydrogen-bond donors (Lipinski definition) is 1. The fraction of sp³-hybridized carbons (Fsp3) is 0.444. The number of benzene rings is 2. The minimum Gasteiger partial charge on any atom is -0.494 e. The van der Waals surface area contributed by atoms with E-state index in [2.05, 4.69) is 21.9 Å². The van der Waals surface area contributed by atoms with Crippen LogP contribution < -0.4 is 4.74 Å². The van der Waals surface area contributed by atoms with E-state index in [4.69, 9.17) is 4.74 Å². The van der Waals surface area contributed by atoms with Crippen LogP contribution in [0.4, 0.5) is 13.2 Å². The molecule has 4 nitrogen and oxygen atoms in total. The summed E-state index contributed by atoms with van der Waals surface area (Å²) in [7, 11) is 2.18. The van der Waals surface area contributed by atoms with Crippen LogP contribution in [0.25, 0.3) is 22.6 Å². The van der Waals surface area contributed by atoms with Gasteiger partial charge in [0, 0.05) is 16.8 Å². The highest BCUT2D eigenvalue weighted by atomic mass is 19.4. The van der Waals surface area contributed by atoms with Gasteiger partial charge in [-0.15, -0.1) is 0 Å². The summed E-state index contributed by atoms with van der Waals surface area (Å²) in [6.07, 6.45) is 0.412. The molecule has 0 bridgehead atoms. The first kappa shape index (κ1) is 24.3. The number of nitrogens with zero attached hydrogens (tertiary/aromatic N) is 2. The second kappa shape index (κ2) is 10.2. The number of rotatable bonds is 7. The number of halogens is 3. The summed E-state index contributed by atoms with van der Waals surface area (Å²) in [4.78, 5) is 10.3. The Balaban J connectivity index is 1.40. The summed E-state index contributed by atoms with van der Waals surface area (Å²) < 4.78 is 45.4. The third-order valence-corrected chi connectivity index (χ3v) is 6.66. The number of nitrogens with one attached hydrogen (secondary N) is 1. The van der Waals surface area contributed by atoms with Crippen LogP contribution in [0.15, 0.2) is 42.5 Å². The first-order valence-corrected chi connectivity index (χ1v) is 11.9. The molecule has 1 aliphatic rings.